The van der Waals surface area contributed by atoms with E-state index < -0.39 is 22.7 Å². The van der Waals surface area contributed by atoms with Gasteiger partial charge in [0.1, 0.15) is 12.4 Å². The van der Waals surface area contributed by atoms with Crippen molar-refractivity contribution in [3.63, 3.8) is 0 Å². The fraction of sp³-hybridized carbons (Fsp3) is 0.300. The molecule has 0 heterocycles. The number of esters is 1. The fourth-order valence-corrected chi connectivity index (χ4v) is 3.00. The van der Waals surface area contributed by atoms with Crippen molar-refractivity contribution in [3.05, 3.63) is 65.2 Å². The Kier molecular flexibility index (Phi) is 8.00. The molecule has 0 aromatic heterocycles. The number of hydrogen-bond donors (Lipinski definition) is 1. The van der Waals surface area contributed by atoms with Crippen LogP contribution in [0.1, 0.15) is 21.5 Å². The Bertz CT molecular complexity index is 822. The Morgan fingerprint density at radius 3 is 2.63 bits per heavy atom. The summed E-state index contributed by atoms with van der Waals surface area (Å²) in [7, 11) is -0.997. The van der Waals surface area contributed by atoms with E-state index in [1.54, 1.807) is 30.5 Å². The molecule has 2 rings (SSSR count). The van der Waals surface area contributed by atoms with Crippen molar-refractivity contribution in [2.24, 2.45) is 0 Å². The average molecular weight is 389 g/mol. The standard InChI is InChI=1S/C20H23NO5S/c1-15-5-3-8-18(11-15)25-10-9-21-19(22)13-26-20(23)17-7-4-6-16(12-17)14-27(2)24/h3-8,11-12H,9-10,13-14H2,1-2H3,(H,21,22). The molecule has 1 N–H and O–H groups in total. The molecule has 0 aliphatic heterocycles. The average Bonchev–Trinajstić information content (AvgIpc) is 2.63. The Morgan fingerprint density at radius 1 is 1.11 bits per heavy atom. The largest absolute Gasteiger partial charge is 0.492 e. The summed E-state index contributed by atoms with van der Waals surface area (Å²) in [6, 6.07) is 14.3. The monoisotopic (exact) mass is 389 g/mol. The first-order valence-corrected chi connectivity index (χ1v) is 10.2. The molecule has 2 aromatic rings. The molecule has 0 bridgehead atoms. The van der Waals surface area contributed by atoms with Gasteiger partial charge in [-0.1, -0.05) is 24.3 Å². The van der Waals surface area contributed by atoms with E-state index >= 15 is 0 Å². The van der Waals surface area contributed by atoms with E-state index in [1.807, 2.05) is 31.2 Å². The van der Waals surface area contributed by atoms with Crippen LogP contribution < -0.4 is 10.1 Å². The predicted molar refractivity (Wildman–Crippen MR) is 104 cm³/mol. The molecular formula is C20H23NO5S. The van der Waals surface area contributed by atoms with Crippen LogP contribution in [0.5, 0.6) is 5.75 Å². The van der Waals surface area contributed by atoms with Crippen molar-refractivity contribution in [2.75, 3.05) is 26.0 Å². The highest BCUT2D eigenvalue weighted by Crippen LogP contribution is 2.12. The number of carbonyl (C=O) groups excluding carboxylic acids is 2. The second kappa shape index (κ2) is 10.5. The van der Waals surface area contributed by atoms with Gasteiger partial charge in [-0.15, -0.1) is 0 Å². The van der Waals surface area contributed by atoms with Crippen molar-refractivity contribution in [1.82, 2.24) is 5.32 Å². The molecule has 2 aromatic carbocycles. The second-order valence-electron chi connectivity index (χ2n) is 6.01. The first kappa shape index (κ1) is 20.6. The van der Waals surface area contributed by atoms with Crippen LogP contribution in [0.25, 0.3) is 0 Å². The lowest BCUT2D eigenvalue weighted by atomic mass is 10.1. The zero-order valence-corrected chi connectivity index (χ0v) is 16.2. The normalized spacial score (nSPS) is 11.5. The number of hydrogen-bond acceptors (Lipinski definition) is 5. The molecule has 0 saturated carbocycles. The Morgan fingerprint density at radius 2 is 1.89 bits per heavy atom. The van der Waals surface area contributed by atoms with Crippen molar-refractivity contribution >= 4 is 22.7 Å². The molecule has 0 saturated heterocycles. The molecule has 6 nitrogen and oxygen atoms in total. The van der Waals surface area contributed by atoms with Crippen LogP contribution in [0, 0.1) is 6.92 Å². The first-order valence-electron chi connectivity index (χ1n) is 8.46. The van der Waals surface area contributed by atoms with E-state index in [0.29, 0.717) is 24.5 Å². The summed E-state index contributed by atoms with van der Waals surface area (Å²) in [5.74, 6) is 0.109. The van der Waals surface area contributed by atoms with Gasteiger partial charge in [-0.2, -0.15) is 0 Å². The SMILES string of the molecule is Cc1cccc(OCCNC(=O)COC(=O)c2cccc(CS(C)=O)c2)c1. The van der Waals surface area contributed by atoms with E-state index in [9.17, 15) is 13.8 Å². The van der Waals surface area contributed by atoms with Crippen molar-refractivity contribution < 1.29 is 23.3 Å². The van der Waals surface area contributed by atoms with Gasteiger partial charge in [0.15, 0.2) is 6.61 Å². The summed E-state index contributed by atoms with van der Waals surface area (Å²) in [6.07, 6.45) is 1.60. The molecule has 0 spiro atoms. The zero-order valence-electron chi connectivity index (χ0n) is 15.4. The fourth-order valence-electron chi connectivity index (χ4n) is 2.35. The quantitative estimate of drug-likeness (QED) is 0.525. The smallest absolute Gasteiger partial charge is 0.338 e. The molecule has 144 valence electrons. The van der Waals surface area contributed by atoms with Crippen LogP contribution >= 0.6 is 0 Å². The summed E-state index contributed by atoms with van der Waals surface area (Å²) < 4.78 is 21.8. The molecule has 0 aliphatic carbocycles. The number of ether oxygens (including phenoxy) is 2. The van der Waals surface area contributed by atoms with Crippen LogP contribution in [0.4, 0.5) is 0 Å². The second-order valence-corrected chi connectivity index (χ2v) is 7.44. The van der Waals surface area contributed by atoms with Crippen LogP contribution in [-0.4, -0.2) is 42.1 Å². The topological polar surface area (TPSA) is 81.7 Å². The molecule has 7 heteroatoms. The molecule has 1 unspecified atom stereocenters. The van der Waals surface area contributed by atoms with Gasteiger partial charge in [0, 0.05) is 22.8 Å². The van der Waals surface area contributed by atoms with Gasteiger partial charge in [0.25, 0.3) is 5.91 Å². The zero-order chi connectivity index (χ0) is 19.6. The van der Waals surface area contributed by atoms with Crippen molar-refractivity contribution in [2.45, 2.75) is 12.7 Å². The minimum absolute atomic E-state index is 0.308. The summed E-state index contributed by atoms with van der Waals surface area (Å²) >= 11 is 0. The van der Waals surface area contributed by atoms with Gasteiger partial charge >= 0.3 is 5.97 Å². The molecular weight excluding hydrogens is 366 g/mol. The van der Waals surface area contributed by atoms with Gasteiger partial charge in [-0.3, -0.25) is 9.00 Å². The lowest BCUT2D eigenvalue weighted by molar-refractivity contribution is -0.124. The highest BCUT2D eigenvalue weighted by Gasteiger charge is 2.11. The number of carbonyl (C=O) groups is 2. The number of benzene rings is 2. The van der Waals surface area contributed by atoms with Crippen LogP contribution in [0.3, 0.4) is 0 Å². The maximum atomic E-state index is 12.0. The lowest BCUT2D eigenvalue weighted by Crippen LogP contribution is -2.32. The molecule has 1 atom stereocenters. The van der Waals surface area contributed by atoms with E-state index in [4.69, 9.17) is 9.47 Å². The van der Waals surface area contributed by atoms with Crippen molar-refractivity contribution in [3.8, 4) is 5.75 Å². The van der Waals surface area contributed by atoms with Crippen LogP contribution in [0.15, 0.2) is 48.5 Å². The van der Waals surface area contributed by atoms with Gasteiger partial charge in [-0.05, 0) is 42.3 Å². The maximum Gasteiger partial charge on any atom is 0.338 e. The summed E-state index contributed by atoms with van der Waals surface area (Å²) in [5.41, 5.74) is 2.20. The summed E-state index contributed by atoms with van der Waals surface area (Å²) in [5, 5.41) is 2.63. The third-order valence-electron chi connectivity index (χ3n) is 3.55. The van der Waals surface area contributed by atoms with Gasteiger partial charge in [0.2, 0.25) is 0 Å². The molecule has 0 fully saturated rings. The van der Waals surface area contributed by atoms with E-state index in [2.05, 4.69) is 5.32 Å². The summed E-state index contributed by atoms with van der Waals surface area (Å²) in [4.78, 5) is 23.8. The Hall–Kier alpha value is -2.67. The predicted octanol–water partition coefficient (Wildman–Crippen LogP) is 2.23. The van der Waals surface area contributed by atoms with E-state index in [-0.39, 0.29) is 6.61 Å². The Balaban J connectivity index is 1.70. The van der Waals surface area contributed by atoms with Crippen molar-refractivity contribution in [1.29, 1.82) is 0 Å². The highest BCUT2D eigenvalue weighted by atomic mass is 32.2. The van der Waals surface area contributed by atoms with Gasteiger partial charge in [0.05, 0.1) is 12.1 Å². The summed E-state index contributed by atoms with van der Waals surface area (Å²) in [6.45, 7) is 2.23. The minimum Gasteiger partial charge on any atom is -0.492 e. The highest BCUT2D eigenvalue weighted by molar-refractivity contribution is 7.83. The first-order chi connectivity index (χ1) is 12.9. The number of rotatable bonds is 9. The number of aryl methyl sites for hydroxylation is 1. The minimum atomic E-state index is -0.997. The van der Waals surface area contributed by atoms with Gasteiger partial charge < -0.3 is 14.8 Å². The third-order valence-corrected chi connectivity index (χ3v) is 4.29. The molecule has 0 radical (unpaired) electrons. The van der Waals surface area contributed by atoms with Gasteiger partial charge in [-0.25, -0.2) is 4.79 Å². The Labute approximate surface area is 161 Å². The number of amides is 1. The number of nitrogens with one attached hydrogen (secondary N) is 1. The lowest BCUT2D eigenvalue weighted by Gasteiger charge is -2.09. The molecule has 0 aliphatic rings. The molecule has 1 amide bonds. The van der Waals surface area contributed by atoms with E-state index in [0.717, 1.165) is 16.9 Å². The van der Waals surface area contributed by atoms with Crippen LogP contribution in [-0.2, 0) is 26.1 Å². The van der Waals surface area contributed by atoms with Crippen LogP contribution in [0.2, 0.25) is 0 Å². The van der Waals surface area contributed by atoms with E-state index in [1.165, 1.54) is 0 Å². The third kappa shape index (κ3) is 7.62. The maximum absolute atomic E-state index is 12.0. The molecule has 27 heavy (non-hydrogen) atoms.